The Bertz CT molecular complexity index is 1180. The van der Waals surface area contributed by atoms with E-state index in [0.29, 0.717) is 18.0 Å². The maximum Gasteiger partial charge on any atom is 0.416 e. The number of hydrogen-bond acceptors (Lipinski definition) is 5. The van der Waals surface area contributed by atoms with Crippen LogP contribution in [-0.2, 0) is 12.4 Å². The predicted octanol–water partition coefficient (Wildman–Crippen LogP) is 5.55. The monoisotopic (exact) mass is 470 g/mol. The smallest absolute Gasteiger partial charge is 0.416 e. The topological polar surface area (TPSA) is 61.3 Å². The highest BCUT2D eigenvalue weighted by atomic mass is 19.4. The van der Waals surface area contributed by atoms with Gasteiger partial charge in [0, 0.05) is 28.9 Å². The maximum atomic E-state index is 13.4. The van der Waals surface area contributed by atoms with Gasteiger partial charge in [-0.1, -0.05) is 0 Å². The Morgan fingerprint density at radius 3 is 2.24 bits per heavy atom. The summed E-state index contributed by atoms with van der Waals surface area (Å²) in [5.74, 6) is -0.485. The molecular formula is C22H20F6N4O. The van der Waals surface area contributed by atoms with Gasteiger partial charge < -0.3 is 15.3 Å². The molecule has 33 heavy (non-hydrogen) atoms. The zero-order valence-electron chi connectivity index (χ0n) is 17.4. The van der Waals surface area contributed by atoms with Gasteiger partial charge in [-0.15, -0.1) is 10.2 Å². The first-order valence-electron chi connectivity index (χ1n) is 10.2. The molecule has 176 valence electrons. The second-order valence-corrected chi connectivity index (χ2v) is 8.13. The highest BCUT2D eigenvalue weighted by molar-refractivity contribution is 6.01. The summed E-state index contributed by atoms with van der Waals surface area (Å²) in [5, 5.41) is 21.9. The molecule has 1 aliphatic rings. The largest absolute Gasteiger partial charge is 0.507 e. The third-order valence-corrected chi connectivity index (χ3v) is 5.65. The first-order chi connectivity index (χ1) is 15.4. The van der Waals surface area contributed by atoms with E-state index in [4.69, 9.17) is 0 Å². The van der Waals surface area contributed by atoms with Gasteiger partial charge in [0.2, 0.25) is 0 Å². The van der Waals surface area contributed by atoms with Crippen LogP contribution in [0.2, 0.25) is 0 Å². The minimum Gasteiger partial charge on any atom is -0.507 e. The number of halogens is 6. The number of aromatic hydroxyl groups is 1. The molecule has 0 bridgehead atoms. The molecule has 0 saturated carbocycles. The molecule has 1 atom stereocenters. The van der Waals surface area contributed by atoms with E-state index >= 15 is 0 Å². The Hall–Kier alpha value is -3.08. The van der Waals surface area contributed by atoms with E-state index in [1.165, 1.54) is 6.07 Å². The van der Waals surface area contributed by atoms with Gasteiger partial charge in [-0.25, -0.2) is 0 Å². The Balaban J connectivity index is 1.84. The van der Waals surface area contributed by atoms with Gasteiger partial charge in [-0.2, -0.15) is 26.3 Å². The molecule has 5 nitrogen and oxygen atoms in total. The molecule has 0 radical (unpaired) electrons. The van der Waals surface area contributed by atoms with E-state index in [9.17, 15) is 31.4 Å². The molecule has 0 amide bonds. The van der Waals surface area contributed by atoms with Crippen LogP contribution in [0.15, 0.2) is 36.4 Å². The summed E-state index contributed by atoms with van der Waals surface area (Å²) < 4.78 is 79.1. The van der Waals surface area contributed by atoms with E-state index < -0.39 is 29.2 Å². The van der Waals surface area contributed by atoms with Crippen molar-refractivity contribution in [3.8, 4) is 17.0 Å². The van der Waals surface area contributed by atoms with E-state index in [1.54, 1.807) is 0 Å². The highest BCUT2D eigenvalue weighted by Gasteiger charge is 2.33. The lowest BCUT2D eigenvalue weighted by atomic mass is 9.99. The number of alkyl halides is 6. The summed E-state index contributed by atoms with van der Waals surface area (Å²) in [6.45, 7) is 1.65. The fourth-order valence-electron chi connectivity index (χ4n) is 4.02. The van der Waals surface area contributed by atoms with Crippen molar-refractivity contribution in [2.24, 2.45) is 0 Å². The number of phenols is 1. The van der Waals surface area contributed by atoms with Gasteiger partial charge >= 0.3 is 12.4 Å². The molecule has 2 aromatic carbocycles. The molecule has 1 aromatic heterocycles. The van der Waals surface area contributed by atoms with Crippen LogP contribution < -0.4 is 5.32 Å². The Kier molecular flexibility index (Phi) is 5.85. The number of nitrogens with zero attached hydrogens (tertiary/aromatic N) is 3. The lowest BCUT2D eigenvalue weighted by molar-refractivity contribution is -0.138. The quantitative estimate of drug-likeness (QED) is 0.492. The summed E-state index contributed by atoms with van der Waals surface area (Å²) in [7, 11) is 1.96. The van der Waals surface area contributed by atoms with Crippen molar-refractivity contribution in [1.29, 1.82) is 0 Å². The third kappa shape index (κ3) is 4.82. The van der Waals surface area contributed by atoms with Gasteiger partial charge in [-0.05, 0) is 62.8 Å². The fourth-order valence-corrected chi connectivity index (χ4v) is 4.02. The molecule has 2 N–H and O–H groups in total. The summed E-state index contributed by atoms with van der Waals surface area (Å²) in [4.78, 5) is 2.12. The molecule has 0 spiro atoms. The molecule has 4 rings (SSSR count). The lowest BCUT2D eigenvalue weighted by Gasteiger charge is -2.30. The van der Waals surface area contributed by atoms with Crippen molar-refractivity contribution in [1.82, 2.24) is 15.1 Å². The van der Waals surface area contributed by atoms with Crippen LogP contribution in [0.5, 0.6) is 5.75 Å². The number of nitrogens with one attached hydrogen (secondary N) is 1. The van der Waals surface area contributed by atoms with E-state index in [0.717, 1.165) is 43.7 Å². The number of piperidine rings is 1. The summed E-state index contributed by atoms with van der Waals surface area (Å²) in [6, 6.07) is 5.28. The van der Waals surface area contributed by atoms with Crippen LogP contribution in [-0.4, -0.2) is 46.4 Å². The number of anilines is 1. The van der Waals surface area contributed by atoms with Gasteiger partial charge in [0.05, 0.1) is 11.1 Å². The number of hydrogen-bond donors (Lipinski definition) is 2. The number of benzene rings is 2. The number of phenolic OH excluding ortho intramolecular Hbond substituents is 1. The summed E-state index contributed by atoms with van der Waals surface area (Å²) in [6.07, 6.45) is -7.55. The first-order valence-corrected chi connectivity index (χ1v) is 10.2. The number of likely N-dealkylation sites (N-methyl/N-ethyl adjacent to an activating group) is 1. The Morgan fingerprint density at radius 1 is 0.939 bits per heavy atom. The normalized spacial score (nSPS) is 18.0. The average molecular weight is 470 g/mol. The zero-order valence-corrected chi connectivity index (χ0v) is 17.4. The molecule has 0 aliphatic carbocycles. The summed E-state index contributed by atoms with van der Waals surface area (Å²) >= 11 is 0. The fraction of sp³-hybridized carbons (Fsp3) is 0.364. The molecule has 11 heteroatoms. The van der Waals surface area contributed by atoms with Crippen LogP contribution in [0.25, 0.3) is 22.0 Å². The molecular weight excluding hydrogens is 450 g/mol. The van der Waals surface area contributed by atoms with E-state index in [-0.39, 0.29) is 28.5 Å². The number of aromatic nitrogens is 2. The predicted molar refractivity (Wildman–Crippen MR) is 111 cm³/mol. The van der Waals surface area contributed by atoms with Gasteiger partial charge in [0.15, 0.2) is 5.82 Å². The average Bonchev–Trinajstić information content (AvgIpc) is 2.72. The van der Waals surface area contributed by atoms with Crippen LogP contribution in [0.4, 0.5) is 32.2 Å². The van der Waals surface area contributed by atoms with Crippen molar-refractivity contribution < 1.29 is 31.4 Å². The second-order valence-electron chi connectivity index (χ2n) is 8.13. The molecule has 0 unspecified atom stereocenters. The van der Waals surface area contributed by atoms with Crippen LogP contribution in [0, 0.1) is 0 Å². The van der Waals surface area contributed by atoms with E-state index in [1.807, 2.05) is 7.05 Å². The van der Waals surface area contributed by atoms with Crippen molar-refractivity contribution in [3.05, 3.63) is 47.5 Å². The van der Waals surface area contributed by atoms with E-state index in [2.05, 4.69) is 20.4 Å². The number of fused-ring (bicyclic) bond motifs is 1. The molecule has 2 heterocycles. The second kappa shape index (κ2) is 8.36. The van der Waals surface area contributed by atoms with Crippen LogP contribution in [0.1, 0.15) is 24.0 Å². The van der Waals surface area contributed by atoms with Crippen LogP contribution >= 0.6 is 0 Å². The Morgan fingerprint density at radius 2 is 1.61 bits per heavy atom. The van der Waals surface area contributed by atoms with Crippen molar-refractivity contribution >= 4 is 16.6 Å². The molecule has 1 saturated heterocycles. The van der Waals surface area contributed by atoms with Crippen molar-refractivity contribution in [2.45, 2.75) is 31.2 Å². The lowest BCUT2D eigenvalue weighted by Crippen LogP contribution is -2.40. The maximum absolute atomic E-state index is 13.4. The molecule has 3 aromatic rings. The third-order valence-electron chi connectivity index (χ3n) is 5.65. The minimum atomic E-state index is -4.69. The minimum absolute atomic E-state index is 0.00821. The van der Waals surface area contributed by atoms with Crippen LogP contribution in [0.3, 0.4) is 0 Å². The van der Waals surface area contributed by atoms with Gasteiger partial charge in [0.25, 0.3) is 0 Å². The number of likely N-dealkylation sites (tertiary alicyclic amines) is 1. The Labute approximate surface area is 185 Å². The van der Waals surface area contributed by atoms with Crippen molar-refractivity contribution in [3.63, 3.8) is 0 Å². The SMILES string of the molecule is CN1CCC[C@@H](Nc2nnc(-c3ccc(C(F)(F)F)cc3O)c3cc(C(F)(F)F)ccc23)C1. The van der Waals surface area contributed by atoms with Gasteiger partial charge in [0.1, 0.15) is 11.4 Å². The first kappa shape index (κ1) is 23.1. The summed E-state index contributed by atoms with van der Waals surface area (Å²) in [5.41, 5.74) is -2.33. The number of rotatable bonds is 3. The highest BCUT2D eigenvalue weighted by Crippen LogP contribution is 2.40. The molecule has 1 fully saturated rings. The molecule has 1 aliphatic heterocycles. The zero-order chi connectivity index (χ0) is 24.0. The standard InChI is InChI=1S/C22H20F6N4O/c1-32-8-2-3-14(11-32)29-20-15-6-4-12(21(23,24)25)9-17(15)19(30-31-20)16-7-5-13(10-18(16)33)22(26,27)28/h4-7,9-10,14,33H,2-3,8,11H2,1H3,(H,29,31)/t14-/m1/s1. The van der Waals surface area contributed by atoms with Crippen molar-refractivity contribution in [2.75, 3.05) is 25.5 Å². The van der Waals surface area contributed by atoms with Gasteiger partial charge in [-0.3, -0.25) is 0 Å².